The first kappa shape index (κ1) is 41.3. The fraction of sp³-hybridized carbons (Fsp3) is 0.457. The summed E-state index contributed by atoms with van der Waals surface area (Å²) in [6, 6.07) is 3.46. The van der Waals surface area contributed by atoms with Crippen molar-refractivity contribution in [1.29, 1.82) is 0 Å². The molecule has 2 heterocycles. The monoisotopic (exact) mass is 769 g/mol. The molecule has 2 aliphatic rings. The van der Waals surface area contributed by atoms with Gasteiger partial charge in [-0.3, -0.25) is 9.59 Å². The molecule has 19 heteroatoms. The minimum absolute atomic E-state index is 0. The van der Waals surface area contributed by atoms with E-state index in [9.17, 15) is 40.7 Å². The second-order valence-corrected chi connectivity index (χ2v) is 13.6. The average molecular weight is 770 g/mol. The zero-order valence-corrected chi connectivity index (χ0v) is 28.8. The Balaban J connectivity index is 0.00000650. The first-order valence-electron chi connectivity index (χ1n) is 16.5. The van der Waals surface area contributed by atoms with Crippen LogP contribution in [-0.2, 0) is 17.1 Å². The number of nitrogens with two attached hydrogens (primary N) is 2. The molecule has 0 bridgehead atoms. The lowest BCUT2D eigenvalue weighted by molar-refractivity contribution is -0.138. The molecule has 6 N–H and O–H groups in total. The quantitative estimate of drug-likeness (QED) is 0.132. The topological polar surface area (TPSA) is 184 Å². The molecule has 0 spiro atoms. The number of amides is 3. The number of nitrogens with one attached hydrogen (secondary N) is 2. The molecular weight excluding hydrogens is 728 g/mol. The van der Waals surface area contributed by atoms with Gasteiger partial charge in [-0.2, -0.15) is 26.3 Å². The standard InChI is InChI=1S/C34H37F6N7O6.CH4/c1-32(2,3)53-31(50)47-9-8-20(15-47)52-28-22(42)11-18(34(38,39)40)13-24(28)46-30(49)26-14-25(43-16-44-26)29(48)45-23-12-17(33(35,36)37)10-21(41)27(23)51-19-6-4-5-7-19;/h10-14,16,19-20H,4-9,15,41-42H2,1-3H3,(H,45,48)(H,46,49);1H4/t20-;/m1./s1. The molecule has 1 aliphatic carbocycles. The zero-order valence-electron chi connectivity index (χ0n) is 28.8. The molecule has 1 atom stereocenters. The highest BCUT2D eigenvalue weighted by Crippen LogP contribution is 2.42. The first-order valence-corrected chi connectivity index (χ1v) is 16.5. The molecule has 1 saturated carbocycles. The predicted octanol–water partition coefficient (Wildman–Crippen LogP) is 7.53. The summed E-state index contributed by atoms with van der Waals surface area (Å²) in [5.74, 6) is -2.66. The summed E-state index contributed by atoms with van der Waals surface area (Å²) >= 11 is 0. The molecule has 54 heavy (non-hydrogen) atoms. The van der Waals surface area contributed by atoms with Crippen molar-refractivity contribution in [3.05, 3.63) is 59.2 Å². The van der Waals surface area contributed by atoms with Crippen molar-refractivity contribution in [2.24, 2.45) is 0 Å². The Morgan fingerprint density at radius 1 is 0.741 bits per heavy atom. The smallest absolute Gasteiger partial charge is 0.416 e. The van der Waals surface area contributed by atoms with Crippen LogP contribution in [0, 0.1) is 0 Å². The number of aromatic nitrogens is 2. The largest absolute Gasteiger partial charge is 0.486 e. The van der Waals surface area contributed by atoms with Crippen molar-refractivity contribution >= 4 is 40.7 Å². The number of hydrogen-bond acceptors (Lipinski definition) is 10. The first-order chi connectivity index (χ1) is 24.7. The maximum absolute atomic E-state index is 13.8. The van der Waals surface area contributed by atoms with E-state index in [-0.39, 0.29) is 50.2 Å². The number of nitrogen functional groups attached to an aromatic ring is 2. The molecule has 1 saturated heterocycles. The molecule has 2 aromatic carbocycles. The summed E-state index contributed by atoms with van der Waals surface area (Å²) in [5, 5.41) is 4.59. The number of halogens is 6. The van der Waals surface area contributed by atoms with Crippen LogP contribution in [0.4, 0.5) is 53.9 Å². The van der Waals surface area contributed by atoms with Gasteiger partial charge in [-0.1, -0.05) is 7.43 Å². The minimum Gasteiger partial charge on any atom is -0.486 e. The molecule has 2 fully saturated rings. The van der Waals surface area contributed by atoms with Crippen molar-refractivity contribution in [3.8, 4) is 11.5 Å². The Hall–Kier alpha value is -5.49. The summed E-state index contributed by atoms with van der Waals surface area (Å²) in [6.45, 7) is 5.30. The number of likely N-dealkylation sites (tertiary alicyclic amines) is 1. The molecule has 1 aromatic heterocycles. The Morgan fingerprint density at radius 3 is 1.65 bits per heavy atom. The maximum atomic E-state index is 13.8. The van der Waals surface area contributed by atoms with Gasteiger partial charge >= 0.3 is 18.4 Å². The molecule has 5 rings (SSSR count). The molecule has 294 valence electrons. The van der Waals surface area contributed by atoms with Crippen molar-refractivity contribution in [2.45, 2.75) is 90.5 Å². The van der Waals surface area contributed by atoms with Gasteiger partial charge < -0.3 is 41.2 Å². The minimum atomic E-state index is -4.87. The summed E-state index contributed by atoms with van der Waals surface area (Å²) in [5.41, 5.74) is 6.09. The fourth-order valence-electron chi connectivity index (χ4n) is 5.71. The molecule has 1 aliphatic heterocycles. The summed E-state index contributed by atoms with van der Waals surface area (Å²) < 4.78 is 99.5. The Bertz CT molecular complexity index is 1880. The van der Waals surface area contributed by atoms with E-state index >= 15 is 0 Å². The van der Waals surface area contributed by atoms with Crippen LogP contribution in [0.5, 0.6) is 11.5 Å². The van der Waals surface area contributed by atoms with E-state index in [1.807, 2.05) is 0 Å². The number of rotatable bonds is 8. The van der Waals surface area contributed by atoms with Crippen LogP contribution in [0.3, 0.4) is 0 Å². The highest BCUT2D eigenvalue weighted by Gasteiger charge is 2.36. The highest BCUT2D eigenvalue weighted by molar-refractivity contribution is 6.08. The third-order valence-electron chi connectivity index (χ3n) is 8.19. The summed E-state index contributed by atoms with van der Waals surface area (Å²) in [4.78, 5) is 48.2. The summed E-state index contributed by atoms with van der Waals surface area (Å²) in [7, 11) is 0. The van der Waals surface area contributed by atoms with Crippen LogP contribution in [0.25, 0.3) is 0 Å². The summed E-state index contributed by atoms with van der Waals surface area (Å²) in [6.07, 6.45) is -7.36. The maximum Gasteiger partial charge on any atom is 0.416 e. The van der Waals surface area contributed by atoms with E-state index in [0.29, 0.717) is 37.1 Å². The van der Waals surface area contributed by atoms with Crippen LogP contribution < -0.4 is 31.6 Å². The van der Waals surface area contributed by atoms with Crippen LogP contribution in [0.2, 0.25) is 0 Å². The average Bonchev–Trinajstić information content (AvgIpc) is 3.75. The number of hydrogen-bond donors (Lipinski definition) is 4. The van der Waals surface area contributed by atoms with Gasteiger partial charge in [0, 0.05) is 19.0 Å². The van der Waals surface area contributed by atoms with Crippen LogP contribution in [-0.4, -0.2) is 63.7 Å². The third-order valence-corrected chi connectivity index (χ3v) is 8.19. The lowest BCUT2D eigenvalue weighted by Gasteiger charge is -2.24. The number of benzene rings is 2. The fourth-order valence-corrected chi connectivity index (χ4v) is 5.71. The van der Waals surface area contributed by atoms with Crippen molar-refractivity contribution in [3.63, 3.8) is 0 Å². The van der Waals surface area contributed by atoms with E-state index < -0.39 is 81.5 Å². The highest BCUT2D eigenvalue weighted by atomic mass is 19.4. The van der Waals surface area contributed by atoms with Crippen LogP contribution in [0.1, 0.15) is 92.4 Å². The lowest BCUT2D eigenvalue weighted by Crippen LogP contribution is -2.36. The van der Waals surface area contributed by atoms with Gasteiger partial charge in [-0.25, -0.2) is 14.8 Å². The van der Waals surface area contributed by atoms with E-state index in [1.165, 1.54) is 4.90 Å². The Morgan fingerprint density at radius 2 is 1.20 bits per heavy atom. The molecule has 0 radical (unpaired) electrons. The molecule has 3 aromatic rings. The van der Waals surface area contributed by atoms with E-state index in [2.05, 4.69) is 20.6 Å². The van der Waals surface area contributed by atoms with Gasteiger partial charge in [0.2, 0.25) is 0 Å². The lowest BCUT2D eigenvalue weighted by atomic mass is 10.1. The number of carbonyl (C=O) groups is 3. The van der Waals surface area contributed by atoms with Gasteiger partial charge in [0.15, 0.2) is 11.5 Å². The molecule has 0 unspecified atom stereocenters. The van der Waals surface area contributed by atoms with Gasteiger partial charge in [0.1, 0.15) is 29.4 Å². The second kappa shape index (κ2) is 15.9. The van der Waals surface area contributed by atoms with Crippen LogP contribution in [0.15, 0.2) is 36.7 Å². The van der Waals surface area contributed by atoms with E-state index in [0.717, 1.165) is 25.2 Å². The van der Waals surface area contributed by atoms with Crippen molar-refractivity contribution in [1.82, 2.24) is 14.9 Å². The molecular formula is C35H41F6N7O6. The third kappa shape index (κ3) is 10.1. The second-order valence-electron chi connectivity index (χ2n) is 13.6. The SMILES string of the molecule is C.CC(C)(C)OC(=O)N1CC[C@@H](Oc2c(N)cc(C(F)(F)F)cc2NC(=O)c2cc(C(=O)Nc3cc(C(F)(F)F)cc(N)c3OC3CCCC3)ncn2)C1. The number of carbonyl (C=O) groups excluding carboxylic acids is 3. The zero-order chi connectivity index (χ0) is 38.9. The van der Waals surface area contributed by atoms with Gasteiger partial charge in [-0.15, -0.1) is 0 Å². The number of ether oxygens (including phenoxy) is 3. The van der Waals surface area contributed by atoms with E-state index in [4.69, 9.17) is 25.7 Å². The number of alkyl halides is 6. The molecule has 3 amide bonds. The molecule has 13 nitrogen and oxygen atoms in total. The number of nitrogens with zero attached hydrogens (tertiary/aromatic N) is 3. The number of anilines is 4. The van der Waals surface area contributed by atoms with Gasteiger partial charge in [0.25, 0.3) is 11.8 Å². The van der Waals surface area contributed by atoms with Crippen LogP contribution >= 0.6 is 0 Å². The van der Waals surface area contributed by atoms with Crippen molar-refractivity contribution in [2.75, 3.05) is 35.2 Å². The van der Waals surface area contributed by atoms with E-state index in [1.54, 1.807) is 20.8 Å². The van der Waals surface area contributed by atoms with Crippen molar-refractivity contribution < 1.29 is 54.9 Å². The normalized spacial score (nSPS) is 16.4. The van der Waals surface area contributed by atoms with Gasteiger partial charge in [0.05, 0.1) is 46.5 Å². The Labute approximate surface area is 306 Å². The predicted molar refractivity (Wildman–Crippen MR) is 186 cm³/mol. The Kier molecular flexibility index (Phi) is 12.1. The van der Waals surface area contributed by atoms with Gasteiger partial charge in [-0.05, 0) is 70.7 Å².